The van der Waals surface area contributed by atoms with Crippen LogP contribution in [0.2, 0.25) is 0 Å². The summed E-state index contributed by atoms with van der Waals surface area (Å²) >= 11 is 3.24. The first-order valence-corrected chi connectivity index (χ1v) is 7.52. The summed E-state index contributed by atoms with van der Waals surface area (Å²) in [5.74, 6) is -0.341. The van der Waals surface area contributed by atoms with Gasteiger partial charge < -0.3 is 4.90 Å². The summed E-state index contributed by atoms with van der Waals surface area (Å²) in [6.07, 6.45) is 2.66. The average molecular weight is 354 g/mol. The van der Waals surface area contributed by atoms with Gasteiger partial charge in [-0.15, -0.1) is 0 Å². The van der Waals surface area contributed by atoms with Gasteiger partial charge in [-0.1, -0.05) is 22.9 Å². The number of halogens is 2. The number of aromatic nitrogens is 2. The maximum absolute atomic E-state index is 13.3. The molecule has 1 aromatic heterocycles. The molecule has 2 aromatic rings. The van der Waals surface area contributed by atoms with E-state index in [2.05, 4.69) is 28.0 Å². The molecule has 0 spiro atoms. The maximum Gasteiger partial charge on any atom is 0.269 e. The molecule has 112 valence electrons. The van der Waals surface area contributed by atoms with Crippen LogP contribution in [0.5, 0.6) is 0 Å². The molecule has 1 heterocycles. The molecule has 0 fully saturated rings. The van der Waals surface area contributed by atoms with Gasteiger partial charge in [-0.05, 0) is 30.2 Å². The van der Waals surface area contributed by atoms with Crippen LogP contribution in [-0.4, -0.2) is 23.4 Å². The van der Waals surface area contributed by atoms with Crippen molar-refractivity contribution in [3.8, 4) is 0 Å². The molecule has 4 nitrogen and oxygen atoms in total. The Kier molecular flexibility index (Phi) is 5.12. The molecule has 0 unspecified atom stereocenters. The molecule has 0 bridgehead atoms. The van der Waals surface area contributed by atoms with Gasteiger partial charge in [0.2, 0.25) is 0 Å². The van der Waals surface area contributed by atoms with Crippen molar-refractivity contribution >= 4 is 21.6 Å². The highest BCUT2D eigenvalue weighted by molar-refractivity contribution is 9.10. The number of hydrogen-bond donors (Lipinski definition) is 0. The number of anilines is 1. The second-order valence-electron chi connectivity index (χ2n) is 4.91. The summed E-state index contributed by atoms with van der Waals surface area (Å²) in [6, 6.07) is 6.10. The van der Waals surface area contributed by atoms with Crippen molar-refractivity contribution in [2.45, 2.75) is 19.9 Å². The van der Waals surface area contributed by atoms with Crippen molar-refractivity contribution in [3.63, 3.8) is 0 Å². The van der Waals surface area contributed by atoms with E-state index in [0.717, 1.165) is 18.7 Å². The van der Waals surface area contributed by atoms with Crippen LogP contribution < -0.4 is 10.5 Å². The van der Waals surface area contributed by atoms with Gasteiger partial charge in [0.15, 0.2) is 0 Å². The van der Waals surface area contributed by atoms with E-state index < -0.39 is 0 Å². The lowest BCUT2D eigenvalue weighted by Gasteiger charge is -2.17. The predicted octanol–water partition coefficient (Wildman–Crippen LogP) is 3.04. The maximum atomic E-state index is 13.3. The highest BCUT2D eigenvalue weighted by atomic mass is 79.9. The quantitative estimate of drug-likeness (QED) is 0.829. The molecule has 6 heteroatoms. The smallest absolute Gasteiger partial charge is 0.269 e. The number of nitrogens with zero attached hydrogens (tertiary/aromatic N) is 3. The van der Waals surface area contributed by atoms with Crippen molar-refractivity contribution in [1.29, 1.82) is 0 Å². The Morgan fingerprint density at radius 2 is 2.10 bits per heavy atom. The minimum Gasteiger partial charge on any atom is -0.373 e. The fourth-order valence-corrected chi connectivity index (χ4v) is 2.60. The number of rotatable bonds is 5. The summed E-state index contributed by atoms with van der Waals surface area (Å²) in [7, 11) is 1.92. The third-order valence-corrected chi connectivity index (χ3v) is 3.57. The first-order valence-electron chi connectivity index (χ1n) is 6.73. The van der Waals surface area contributed by atoms with Gasteiger partial charge >= 0.3 is 0 Å². The zero-order chi connectivity index (χ0) is 15.4. The third kappa shape index (κ3) is 4.14. The molecule has 0 saturated carbocycles. The van der Waals surface area contributed by atoms with Gasteiger partial charge in [-0.3, -0.25) is 4.79 Å². The topological polar surface area (TPSA) is 38.1 Å². The van der Waals surface area contributed by atoms with E-state index in [4.69, 9.17) is 0 Å². The number of hydrogen-bond acceptors (Lipinski definition) is 3. The standard InChI is InChI=1S/C15H17BrFN3O/c1-3-4-19(2)14-8-15(21)20(18-9-14)10-11-5-12(16)7-13(17)6-11/h5-9H,3-4,10H2,1-2H3. The van der Waals surface area contributed by atoms with E-state index >= 15 is 0 Å². The van der Waals surface area contributed by atoms with Crippen molar-refractivity contribution in [1.82, 2.24) is 9.78 Å². The van der Waals surface area contributed by atoms with E-state index in [1.165, 1.54) is 16.8 Å². The molecule has 0 aliphatic rings. The molecular weight excluding hydrogens is 337 g/mol. The summed E-state index contributed by atoms with van der Waals surface area (Å²) in [4.78, 5) is 14.1. The van der Waals surface area contributed by atoms with Gasteiger partial charge in [0.25, 0.3) is 5.56 Å². The lowest BCUT2D eigenvalue weighted by molar-refractivity contribution is 0.609. The van der Waals surface area contributed by atoms with Gasteiger partial charge in [0, 0.05) is 24.1 Å². The summed E-state index contributed by atoms with van der Waals surface area (Å²) < 4.78 is 15.3. The predicted molar refractivity (Wildman–Crippen MR) is 85.3 cm³/mol. The number of benzene rings is 1. The molecule has 2 rings (SSSR count). The van der Waals surface area contributed by atoms with E-state index in [-0.39, 0.29) is 17.9 Å². The lowest BCUT2D eigenvalue weighted by atomic mass is 10.2. The van der Waals surface area contributed by atoms with Crippen LogP contribution in [0, 0.1) is 5.82 Å². The Hall–Kier alpha value is -1.69. The highest BCUT2D eigenvalue weighted by Gasteiger charge is 2.06. The van der Waals surface area contributed by atoms with Crippen molar-refractivity contribution in [2.24, 2.45) is 0 Å². The van der Waals surface area contributed by atoms with Gasteiger partial charge in [0.1, 0.15) is 5.82 Å². The molecule has 0 saturated heterocycles. The van der Waals surface area contributed by atoms with Crippen LogP contribution in [0.15, 0.2) is 39.7 Å². The van der Waals surface area contributed by atoms with E-state index in [9.17, 15) is 9.18 Å². The molecule has 0 atom stereocenters. The first-order chi connectivity index (χ1) is 9.99. The van der Waals surface area contributed by atoms with E-state index in [1.807, 2.05) is 11.9 Å². The van der Waals surface area contributed by atoms with Crippen LogP contribution >= 0.6 is 15.9 Å². The van der Waals surface area contributed by atoms with Crippen LogP contribution in [0.25, 0.3) is 0 Å². The van der Waals surface area contributed by atoms with Gasteiger partial charge in [-0.25, -0.2) is 9.07 Å². The Bertz CT molecular complexity index is 667. The minimum absolute atomic E-state index is 0.198. The zero-order valence-electron chi connectivity index (χ0n) is 12.0. The normalized spacial score (nSPS) is 10.7. The second-order valence-corrected chi connectivity index (χ2v) is 5.82. The first kappa shape index (κ1) is 15.7. The molecule has 1 aromatic carbocycles. The van der Waals surface area contributed by atoms with Gasteiger partial charge in [0.05, 0.1) is 18.4 Å². The fraction of sp³-hybridized carbons (Fsp3) is 0.333. The van der Waals surface area contributed by atoms with Crippen LogP contribution in [0.4, 0.5) is 10.1 Å². The zero-order valence-corrected chi connectivity index (χ0v) is 13.6. The molecule has 0 amide bonds. The van der Waals surface area contributed by atoms with Crippen LogP contribution in [0.1, 0.15) is 18.9 Å². The van der Waals surface area contributed by atoms with Crippen LogP contribution in [0.3, 0.4) is 0 Å². The Morgan fingerprint density at radius 3 is 2.71 bits per heavy atom. The fourth-order valence-electron chi connectivity index (χ4n) is 2.09. The summed E-state index contributed by atoms with van der Waals surface area (Å²) in [6.45, 7) is 3.18. The van der Waals surface area contributed by atoms with Gasteiger partial charge in [-0.2, -0.15) is 5.10 Å². The second kappa shape index (κ2) is 6.85. The molecule has 0 aliphatic carbocycles. The van der Waals surface area contributed by atoms with Crippen molar-refractivity contribution < 1.29 is 4.39 Å². The summed E-state index contributed by atoms with van der Waals surface area (Å²) in [5, 5.41) is 4.16. The highest BCUT2D eigenvalue weighted by Crippen LogP contribution is 2.15. The lowest BCUT2D eigenvalue weighted by Crippen LogP contribution is -2.26. The molecule has 0 N–H and O–H groups in total. The molecule has 0 radical (unpaired) electrons. The molecule has 21 heavy (non-hydrogen) atoms. The van der Waals surface area contributed by atoms with E-state index in [1.54, 1.807) is 18.3 Å². The average Bonchev–Trinajstić information content (AvgIpc) is 2.40. The largest absolute Gasteiger partial charge is 0.373 e. The van der Waals surface area contributed by atoms with E-state index in [0.29, 0.717) is 10.0 Å². The Labute approximate surface area is 131 Å². The van der Waals surface area contributed by atoms with Crippen LogP contribution in [-0.2, 0) is 6.54 Å². The van der Waals surface area contributed by atoms with Crippen molar-refractivity contribution in [2.75, 3.05) is 18.5 Å². The van der Waals surface area contributed by atoms with Crippen molar-refractivity contribution in [3.05, 3.63) is 56.7 Å². The Balaban J connectivity index is 2.23. The minimum atomic E-state index is -0.341. The molecule has 0 aliphatic heterocycles. The third-order valence-electron chi connectivity index (χ3n) is 3.11. The summed E-state index contributed by atoms with van der Waals surface area (Å²) in [5.41, 5.74) is 1.28. The molecular formula is C15H17BrFN3O. The SMILES string of the molecule is CCCN(C)c1cnn(Cc2cc(F)cc(Br)c2)c(=O)c1. The monoisotopic (exact) mass is 353 g/mol. The Morgan fingerprint density at radius 1 is 1.33 bits per heavy atom.